The van der Waals surface area contributed by atoms with Gasteiger partial charge in [0, 0.05) is 35.4 Å². The van der Waals surface area contributed by atoms with Crippen LogP contribution in [-0.4, -0.2) is 28.1 Å². The second-order valence-electron chi connectivity index (χ2n) is 7.18. The maximum absolute atomic E-state index is 12.8. The molecule has 0 radical (unpaired) electrons. The third kappa shape index (κ3) is 6.06. The summed E-state index contributed by atoms with van der Waals surface area (Å²) < 4.78 is 37.5. The van der Waals surface area contributed by atoms with E-state index in [1.807, 2.05) is 43.5 Å². The normalized spacial score (nSPS) is 11.5. The molecule has 8 heteroatoms. The van der Waals surface area contributed by atoms with Crippen molar-refractivity contribution in [1.29, 1.82) is 0 Å². The third-order valence-corrected chi connectivity index (χ3v) is 5.28. The van der Waals surface area contributed by atoms with Crippen LogP contribution in [0.3, 0.4) is 0 Å². The van der Waals surface area contributed by atoms with Crippen molar-refractivity contribution in [1.82, 2.24) is 9.88 Å². The largest absolute Gasteiger partial charge is 0.393 e. The van der Waals surface area contributed by atoms with E-state index in [1.54, 1.807) is 22.4 Å². The van der Waals surface area contributed by atoms with Crippen LogP contribution in [0.15, 0.2) is 60.1 Å². The number of halogens is 3. The number of rotatable bonds is 6. The van der Waals surface area contributed by atoms with E-state index in [0.717, 1.165) is 16.1 Å². The lowest BCUT2D eigenvalue weighted by Gasteiger charge is -2.27. The van der Waals surface area contributed by atoms with E-state index in [4.69, 9.17) is 0 Å². The van der Waals surface area contributed by atoms with Crippen molar-refractivity contribution in [2.75, 3.05) is 5.32 Å². The van der Waals surface area contributed by atoms with Gasteiger partial charge in [0.25, 0.3) is 0 Å². The Kier molecular flexibility index (Phi) is 6.77. The number of carbonyl (C=O) groups excluding carboxylic acids is 1. The molecule has 30 heavy (non-hydrogen) atoms. The van der Waals surface area contributed by atoms with Crippen LogP contribution < -0.4 is 5.32 Å². The van der Waals surface area contributed by atoms with Crippen LogP contribution in [0.5, 0.6) is 0 Å². The quantitative estimate of drug-likeness (QED) is 0.492. The summed E-state index contributed by atoms with van der Waals surface area (Å²) in [6.07, 6.45) is -3.50. The van der Waals surface area contributed by atoms with Gasteiger partial charge in [0.05, 0.1) is 6.42 Å². The zero-order valence-electron chi connectivity index (χ0n) is 16.6. The van der Waals surface area contributed by atoms with Crippen molar-refractivity contribution < 1.29 is 18.0 Å². The average Bonchev–Trinajstić information content (AvgIpc) is 3.21. The molecule has 158 valence electrons. The Labute approximate surface area is 177 Å². The van der Waals surface area contributed by atoms with Crippen LogP contribution in [0.4, 0.5) is 23.7 Å². The number of nitrogens with zero attached hydrogens (tertiary/aromatic N) is 2. The van der Waals surface area contributed by atoms with Crippen molar-refractivity contribution in [2.45, 2.75) is 39.0 Å². The molecule has 0 aliphatic carbocycles. The fourth-order valence-electron chi connectivity index (χ4n) is 2.99. The number of amides is 2. The average molecular weight is 433 g/mol. The van der Waals surface area contributed by atoms with Crippen LogP contribution in [0.2, 0.25) is 0 Å². The van der Waals surface area contributed by atoms with Crippen molar-refractivity contribution in [3.63, 3.8) is 0 Å². The van der Waals surface area contributed by atoms with E-state index in [2.05, 4.69) is 10.3 Å². The number of urea groups is 1. The lowest BCUT2D eigenvalue weighted by Crippen LogP contribution is -2.39. The van der Waals surface area contributed by atoms with Gasteiger partial charge in [0.1, 0.15) is 5.01 Å². The molecule has 1 heterocycles. The number of benzene rings is 2. The van der Waals surface area contributed by atoms with Gasteiger partial charge in [-0.1, -0.05) is 30.3 Å². The van der Waals surface area contributed by atoms with Crippen molar-refractivity contribution >= 4 is 23.1 Å². The number of carbonyl (C=O) groups is 1. The van der Waals surface area contributed by atoms with Crippen LogP contribution in [0.25, 0.3) is 10.6 Å². The second-order valence-corrected chi connectivity index (χ2v) is 8.07. The summed E-state index contributed by atoms with van der Waals surface area (Å²) in [6, 6.07) is 13.2. The molecule has 2 amide bonds. The van der Waals surface area contributed by atoms with E-state index < -0.39 is 12.6 Å². The first-order valence-corrected chi connectivity index (χ1v) is 10.3. The summed E-state index contributed by atoms with van der Waals surface area (Å²) in [5, 5.41) is 5.60. The second kappa shape index (κ2) is 9.30. The smallest absolute Gasteiger partial charge is 0.318 e. The minimum absolute atomic E-state index is 0.0713. The van der Waals surface area contributed by atoms with Gasteiger partial charge in [-0.25, -0.2) is 9.78 Å². The summed E-state index contributed by atoms with van der Waals surface area (Å²) >= 11 is 1.55. The predicted octanol–water partition coefficient (Wildman–Crippen LogP) is 6.36. The van der Waals surface area contributed by atoms with Gasteiger partial charge in [-0.15, -0.1) is 11.3 Å². The van der Waals surface area contributed by atoms with Gasteiger partial charge in [-0.05, 0) is 43.2 Å². The first kappa shape index (κ1) is 21.8. The molecule has 0 aliphatic rings. The third-order valence-electron chi connectivity index (χ3n) is 4.45. The first-order chi connectivity index (χ1) is 14.2. The molecule has 0 spiro atoms. The monoisotopic (exact) mass is 433 g/mol. The molecule has 3 aromatic rings. The minimum Gasteiger partial charge on any atom is -0.318 e. The van der Waals surface area contributed by atoms with Crippen molar-refractivity contribution in [3.8, 4) is 10.6 Å². The minimum atomic E-state index is -4.26. The maximum Gasteiger partial charge on any atom is 0.393 e. The highest BCUT2D eigenvalue weighted by Gasteiger charge is 2.27. The van der Waals surface area contributed by atoms with Crippen LogP contribution >= 0.6 is 11.3 Å². The van der Waals surface area contributed by atoms with E-state index in [9.17, 15) is 18.0 Å². The number of anilines is 1. The molecule has 0 bridgehead atoms. The van der Waals surface area contributed by atoms with E-state index in [-0.39, 0.29) is 17.6 Å². The summed E-state index contributed by atoms with van der Waals surface area (Å²) in [4.78, 5) is 18.8. The number of nitrogens with one attached hydrogen (secondary N) is 1. The van der Waals surface area contributed by atoms with Gasteiger partial charge in [0.2, 0.25) is 0 Å². The Morgan fingerprint density at radius 1 is 1.13 bits per heavy atom. The van der Waals surface area contributed by atoms with Gasteiger partial charge in [-0.3, -0.25) is 0 Å². The number of alkyl halides is 3. The number of hydrogen-bond acceptors (Lipinski definition) is 3. The topological polar surface area (TPSA) is 45.2 Å². The highest BCUT2D eigenvalue weighted by Crippen LogP contribution is 2.24. The molecular formula is C22H22F3N3OS. The Hall–Kier alpha value is -2.87. The molecule has 4 nitrogen and oxygen atoms in total. The molecule has 2 aromatic carbocycles. The Morgan fingerprint density at radius 2 is 1.87 bits per heavy atom. The molecule has 0 unspecified atom stereocenters. The fourth-order valence-corrected chi connectivity index (χ4v) is 3.62. The van der Waals surface area contributed by atoms with E-state index in [1.165, 1.54) is 24.3 Å². The van der Waals surface area contributed by atoms with Crippen LogP contribution in [0, 0.1) is 0 Å². The fraction of sp³-hybridized carbons (Fsp3) is 0.273. The molecule has 0 aliphatic heterocycles. The Bertz CT molecular complexity index is 970. The van der Waals surface area contributed by atoms with Crippen molar-refractivity contribution in [3.05, 3.63) is 71.2 Å². The molecule has 0 saturated heterocycles. The SMILES string of the molecule is CC(C)N(Cc1cccc(-c2nccs2)c1)C(=O)Nc1ccc(CC(F)(F)F)cc1. The van der Waals surface area contributed by atoms with Gasteiger partial charge >= 0.3 is 12.2 Å². The van der Waals surface area contributed by atoms with E-state index >= 15 is 0 Å². The van der Waals surface area contributed by atoms with Crippen LogP contribution in [0.1, 0.15) is 25.0 Å². The molecule has 3 rings (SSSR count). The summed E-state index contributed by atoms with van der Waals surface area (Å²) in [5.74, 6) is 0. The number of thiazole rings is 1. The first-order valence-electron chi connectivity index (χ1n) is 9.43. The van der Waals surface area contributed by atoms with Gasteiger partial charge in [0.15, 0.2) is 0 Å². The molecule has 1 N–H and O–H groups in total. The molecule has 0 saturated carbocycles. The highest BCUT2D eigenvalue weighted by atomic mass is 32.1. The lowest BCUT2D eigenvalue weighted by atomic mass is 10.1. The maximum atomic E-state index is 12.8. The zero-order valence-corrected chi connectivity index (χ0v) is 17.4. The van der Waals surface area contributed by atoms with Crippen LogP contribution in [-0.2, 0) is 13.0 Å². The Balaban J connectivity index is 1.69. The summed E-state index contributed by atoms with van der Waals surface area (Å²) in [5.41, 5.74) is 2.56. The molecule has 1 aromatic heterocycles. The highest BCUT2D eigenvalue weighted by molar-refractivity contribution is 7.13. The lowest BCUT2D eigenvalue weighted by molar-refractivity contribution is -0.127. The summed E-state index contributed by atoms with van der Waals surface area (Å²) in [6.45, 7) is 4.22. The summed E-state index contributed by atoms with van der Waals surface area (Å²) in [7, 11) is 0. The Morgan fingerprint density at radius 3 is 2.47 bits per heavy atom. The van der Waals surface area contributed by atoms with Crippen molar-refractivity contribution in [2.24, 2.45) is 0 Å². The molecule has 0 atom stereocenters. The van der Waals surface area contributed by atoms with E-state index in [0.29, 0.717) is 12.2 Å². The number of aromatic nitrogens is 1. The standard InChI is InChI=1S/C22H22F3N3OS/c1-15(2)28(14-17-4-3-5-18(12-17)20-26-10-11-30-20)21(29)27-19-8-6-16(7-9-19)13-22(23,24)25/h3-12,15H,13-14H2,1-2H3,(H,27,29). The van der Waals surface area contributed by atoms with Gasteiger partial charge in [-0.2, -0.15) is 13.2 Å². The predicted molar refractivity (Wildman–Crippen MR) is 113 cm³/mol. The molecular weight excluding hydrogens is 411 g/mol. The molecule has 0 fully saturated rings. The van der Waals surface area contributed by atoms with Gasteiger partial charge < -0.3 is 10.2 Å². The number of hydrogen-bond donors (Lipinski definition) is 1. The zero-order chi connectivity index (χ0) is 21.7.